The van der Waals surface area contributed by atoms with Gasteiger partial charge in [-0.1, -0.05) is 70.2 Å². The summed E-state index contributed by atoms with van der Waals surface area (Å²) in [7, 11) is -0.896. The van der Waals surface area contributed by atoms with Crippen molar-refractivity contribution in [3.8, 4) is 0 Å². The number of allylic oxidation sites excluding steroid dienone is 2. The Morgan fingerprint density at radius 3 is 2.23 bits per heavy atom. The summed E-state index contributed by atoms with van der Waals surface area (Å²) in [6.07, 6.45) is -2.58. The molecule has 39 heavy (non-hydrogen) atoms. The van der Waals surface area contributed by atoms with Gasteiger partial charge in [-0.05, 0) is 42.0 Å². The van der Waals surface area contributed by atoms with Crippen LogP contribution in [0.1, 0.15) is 38.8 Å². The molecule has 0 spiro atoms. The van der Waals surface area contributed by atoms with E-state index < -0.39 is 19.1 Å². The lowest BCUT2D eigenvalue weighted by Gasteiger charge is -2.40. The number of likely N-dealkylation sites (N-methyl/N-ethyl adjacent to an activating group) is 1. The molecule has 0 aliphatic carbocycles. The van der Waals surface area contributed by atoms with Crippen LogP contribution < -0.4 is 9.68 Å². The fraction of sp³-hybridized carbons (Fsp3) is 0.300. The number of hydrogen-bond acceptors (Lipinski definition) is 3. The number of hydrogen-bond donors (Lipinski definition) is 0. The maximum absolute atomic E-state index is 13.7. The minimum atomic E-state index is -4.46. The molecule has 2 heterocycles. The Hall–Kier alpha value is -3.35. The molecule has 5 nitrogen and oxygen atoms in total. The first kappa shape index (κ1) is 27.2. The molecule has 2 aliphatic heterocycles. The standard InChI is InChI=1S/C30H33F3N5P/c1-6-37(7-2)39(35-23-15-13-14-22(20-23)30(31,32)33)27(21-34-38(39)24-16-9-8-10-17-24)28-29(3,4)25-18-11-12-19-26(25)36(28)5/h8-21H,6-7H2,1-5H3/b28-27-/t39-/m1/s1. The number of alkyl halides is 3. The van der Waals surface area contributed by atoms with Crippen LogP contribution in [-0.2, 0) is 11.6 Å². The molecular weight excluding hydrogens is 518 g/mol. The van der Waals surface area contributed by atoms with Crippen molar-refractivity contribution in [1.29, 1.82) is 0 Å². The Labute approximate surface area is 228 Å². The van der Waals surface area contributed by atoms with E-state index in [0.29, 0.717) is 13.1 Å². The summed E-state index contributed by atoms with van der Waals surface area (Å²) in [5, 5.41) is 5.89. The van der Waals surface area contributed by atoms with Crippen molar-refractivity contribution in [2.45, 2.75) is 39.3 Å². The first-order valence-electron chi connectivity index (χ1n) is 13.1. The molecule has 0 radical (unpaired) electrons. The summed E-state index contributed by atoms with van der Waals surface area (Å²) in [4.78, 5) is 2.20. The van der Waals surface area contributed by atoms with Gasteiger partial charge in [0.05, 0.1) is 28.5 Å². The molecule has 0 fully saturated rings. The molecule has 2 aliphatic rings. The smallest absolute Gasteiger partial charge is 0.346 e. The van der Waals surface area contributed by atoms with Gasteiger partial charge in [0.2, 0.25) is 0 Å². The number of fused-ring (bicyclic) bond motifs is 1. The highest BCUT2D eigenvalue weighted by atomic mass is 31.2. The average Bonchev–Trinajstić information content (AvgIpc) is 3.37. The quantitative estimate of drug-likeness (QED) is 0.297. The Kier molecular flexibility index (Phi) is 6.98. The highest BCUT2D eigenvalue weighted by Gasteiger charge is 2.49. The number of para-hydroxylation sites is 2. The zero-order valence-electron chi connectivity index (χ0n) is 22.8. The molecule has 0 aromatic heterocycles. The molecule has 0 saturated carbocycles. The van der Waals surface area contributed by atoms with Crippen LogP contribution >= 0.6 is 7.36 Å². The maximum Gasteiger partial charge on any atom is 0.416 e. The molecule has 5 rings (SSSR count). The van der Waals surface area contributed by atoms with Crippen molar-refractivity contribution < 1.29 is 13.2 Å². The van der Waals surface area contributed by atoms with Crippen molar-refractivity contribution in [1.82, 2.24) is 4.67 Å². The predicted octanol–water partition coefficient (Wildman–Crippen LogP) is 8.86. The zero-order valence-corrected chi connectivity index (χ0v) is 23.7. The largest absolute Gasteiger partial charge is 0.416 e. The topological polar surface area (TPSA) is 34.4 Å². The second-order valence-electron chi connectivity index (χ2n) is 10.2. The van der Waals surface area contributed by atoms with Gasteiger partial charge in [-0.3, -0.25) is 0 Å². The number of anilines is 2. The monoisotopic (exact) mass is 551 g/mol. The summed E-state index contributed by atoms with van der Waals surface area (Å²) in [6, 6.07) is 23.4. The Bertz CT molecular complexity index is 1490. The molecule has 204 valence electrons. The minimum absolute atomic E-state index is 0.283. The number of benzene rings is 3. The lowest BCUT2D eigenvalue weighted by Crippen LogP contribution is -2.31. The van der Waals surface area contributed by atoms with E-state index >= 15 is 0 Å². The zero-order chi connectivity index (χ0) is 28.0. The van der Waals surface area contributed by atoms with Crippen LogP contribution in [0.3, 0.4) is 0 Å². The van der Waals surface area contributed by atoms with Gasteiger partial charge >= 0.3 is 6.18 Å². The van der Waals surface area contributed by atoms with Crippen molar-refractivity contribution in [2.75, 3.05) is 29.8 Å². The third kappa shape index (κ3) is 4.40. The second kappa shape index (κ2) is 10.00. The van der Waals surface area contributed by atoms with E-state index in [1.165, 1.54) is 11.6 Å². The van der Waals surface area contributed by atoms with Gasteiger partial charge in [-0.15, -0.1) is 0 Å². The van der Waals surface area contributed by atoms with Crippen molar-refractivity contribution in [3.63, 3.8) is 0 Å². The molecule has 3 aromatic carbocycles. The number of halogens is 3. The van der Waals surface area contributed by atoms with Gasteiger partial charge in [0.1, 0.15) is 0 Å². The summed E-state index contributed by atoms with van der Waals surface area (Å²) >= 11 is 0. The summed E-state index contributed by atoms with van der Waals surface area (Å²) in [6.45, 7) is 9.81. The lowest BCUT2D eigenvalue weighted by molar-refractivity contribution is -0.137. The Morgan fingerprint density at radius 1 is 0.923 bits per heavy atom. The SMILES string of the molecule is CCN(CC)[P@]1(=Nc2cccc(C(F)(F)F)c2)/C(=C2\N(C)c3ccccc3C2(C)C)C=NN1c1ccccc1. The fourth-order valence-electron chi connectivity index (χ4n) is 5.76. The summed E-state index contributed by atoms with van der Waals surface area (Å²) in [5.74, 6) is 0. The van der Waals surface area contributed by atoms with Gasteiger partial charge in [-0.2, -0.15) is 18.3 Å². The van der Waals surface area contributed by atoms with Gasteiger partial charge in [0.15, 0.2) is 7.36 Å². The summed E-state index contributed by atoms with van der Waals surface area (Å²) < 4.78 is 50.8. The van der Waals surface area contributed by atoms with Crippen LogP contribution in [0.4, 0.5) is 30.2 Å². The lowest BCUT2D eigenvalue weighted by atomic mass is 9.84. The third-order valence-corrected chi connectivity index (χ3v) is 11.2. The molecule has 9 heteroatoms. The van der Waals surface area contributed by atoms with Crippen LogP contribution in [0.15, 0.2) is 99.7 Å². The first-order chi connectivity index (χ1) is 18.6. The van der Waals surface area contributed by atoms with Crippen LogP contribution in [0, 0.1) is 0 Å². The van der Waals surface area contributed by atoms with Crippen LogP contribution in [-0.4, -0.2) is 31.0 Å². The van der Waals surface area contributed by atoms with Gasteiger partial charge in [-0.25, -0.2) is 14.2 Å². The number of hydrazone groups is 1. The highest BCUT2D eigenvalue weighted by molar-refractivity contribution is 7.71. The molecular formula is C30H33F3N5P. The van der Waals surface area contributed by atoms with Gasteiger partial charge < -0.3 is 4.90 Å². The first-order valence-corrected chi connectivity index (χ1v) is 14.7. The normalized spacial score (nSPS) is 22.1. The van der Waals surface area contributed by atoms with E-state index in [-0.39, 0.29) is 11.1 Å². The average molecular weight is 552 g/mol. The predicted molar refractivity (Wildman–Crippen MR) is 156 cm³/mol. The van der Waals surface area contributed by atoms with Crippen LogP contribution in [0.25, 0.3) is 0 Å². The fourth-order valence-corrected chi connectivity index (χ4v) is 9.64. The second-order valence-corrected chi connectivity index (χ2v) is 12.9. The van der Waals surface area contributed by atoms with Gasteiger partial charge in [0, 0.05) is 36.9 Å². The maximum atomic E-state index is 13.7. The van der Waals surface area contributed by atoms with Gasteiger partial charge in [0.25, 0.3) is 0 Å². The van der Waals surface area contributed by atoms with E-state index in [0.717, 1.165) is 34.5 Å². The van der Waals surface area contributed by atoms with E-state index in [9.17, 15) is 13.2 Å². The highest BCUT2D eigenvalue weighted by Crippen LogP contribution is 2.70. The number of rotatable bonds is 5. The number of nitrogens with zero attached hydrogens (tertiary/aromatic N) is 5. The van der Waals surface area contributed by atoms with Crippen molar-refractivity contribution >= 4 is 30.6 Å². The van der Waals surface area contributed by atoms with Crippen LogP contribution in [0.2, 0.25) is 0 Å². The molecule has 0 N–H and O–H groups in total. The minimum Gasteiger partial charge on any atom is -0.346 e. The van der Waals surface area contributed by atoms with Crippen LogP contribution in [0.5, 0.6) is 0 Å². The molecule has 0 bridgehead atoms. The van der Waals surface area contributed by atoms with Crippen molar-refractivity contribution in [2.24, 2.45) is 9.85 Å². The van der Waals surface area contributed by atoms with E-state index in [1.54, 1.807) is 6.07 Å². The molecule has 0 saturated heterocycles. The van der Waals surface area contributed by atoms with E-state index in [2.05, 4.69) is 56.4 Å². The van der Waals surface area contributed by atoms with E-state index in [1.807, 2.05) is 53.5 Å². The molecule has 1 atom stereocenters. The molecule has 3 aromatic rings. The molecule has 0 unspecified atom stereocenters. The van der Waals surface area contributed by atoms with E-state index in [4.69, 9.17) is 9.85 Å². The Morgan fingerprint density at radius 2 is 1.59 bits per heavy atom. The molecule has 0 amide bonds. The van der Waals surface area contributed by atoms with Crippen molar-refractivity contribution in [3.05, 3.63) is 101 Å². The summed E-state index contributed by atoms with van der Waals surface area (Å²) in [5.41, 5.74) is 3.39. The Balaban J connectivity index is 1.89. The third-order valence-electron chi connectivity index (χ3n) is 7.53.